The van der Waals surface area contributed by atoms with E-state index in [2.05, 4.69) is 22.1 Å². The number of carbonyl (C=O) groups excluding carboxylic acids is 1. The summed E-state index contributed by atoms with van der Waals surface area (Å²) in [6, 6.07) is 10.9. The Morgan fingerprint density at radius 3 is 2.63 bits per heavy atom. The van der Waals surface area contributed by atoms with Crippen molar-refractivity contribution in [1.82, 2.24) is 14.9 Å². The van der Waals surface area contributed by atoms with Gasteiger partial charge in [0.2, 0.25) is 0 Å². The van der Waals surface area contributed by atoms with E-state index in [1.807, 2.05) is 24.0 Å². The molecule has 1 aliphatic heterocycles. The largest absolute Gasteiger partial charge is 0.494 e. The third kappa shape index (κ3) is 4.56. The van der Waals surface area contributed by atoms with Crippen molar-refractivity contribution in [3.8, 4) is 5.75 Å². The van der Waals surface area contributed by atoms with Gasteiger partial charge in [-0.05, 0) is 80.6 Å². The lowest BCUT2D eigenvalue weighted by Gasteiger charge is -2.32. The molecule has 0 atom stereocenters. The Morgan fingerprint density at radius 2 is 1.93 bits per heavy atom. The Balaban J connectivity index is 1.34. The van der Waals surface area contributed by atoms with Crippen molar-refractivity contribution < 1.29 is 13.9 Å². The van der Waals surface area contributed by atoms with Gasteiger partial charge in [-0.3, -0.25) is 4.79 Å². The first kappa shape index (κ1) is 20.6. The maximum Gasteiger partial charge on any atom is 0.256 e. The number of carbonyl (C=O) groups is 1. The summed E-state index contributed by atoms with van der Waals surface area (Å²) in [7, 11) is 0. The van der Waals surface area contributed by atoms with Crippen LogP contribution in [0.3, 0.4) is 0 Å². The van der Waals surface area contributed by atoms with Gasteiger partial charge < -0.3 is 19.6 Å². The molecule has 2 heterocycles. The number of hydrogen-bond donors (Lipinski definition) is 2. The summed E-state index contributed by atoms with van der Waals surface area (Å²) in [5.74, 6) is 0.907. The fraction of sp³-hybridized carbons (Fsp3) is 0.391. The number of hydrogen-bond acceptors (Lipinski definition) is 3. The first-order valence-corrected chi connectivity index (χ1v) is 10.9. The van der Waals surface area contributed by atoms with Crippen molar-refractivity contribution in [3.05, 3.63) is 58.1 Å². The number of H-pyrrole nitrogens is 2. The fourth-order valence-electron chi connectivity index (χ4n) is 4.16. The molecular formula is C23H26FN3O2S. The van der Waals surface area contributed by atoms with Crippen LogP contribution in [-0.2, 0) is 6.42 Å². The Morgan fingerprint density at radius 1 is 1.20 bits per heavy atom. The molecule has 1 saturated heterocycles. The molecule has 1 aliphatic rings. The Kier molecular flexibility index (Phi) is 6.18. The first-order chi connectivity index (χ1) is 14.5. The molecule has 0 saturated carbocycles. The molecule has 0 radical (unpaired) electrons. The number of amides is 1. The Labute approximate surface area is 180 Å². The van der Waals surface area contributed by atoms with Crippen LogP contribution in [0, 0.1) is 16.5 Å². The topological polar surface area (TPSA) is 61.1 Å². The summed E-state index contributed by atoms with van der Waals surface area (Å²) < 4.78 is 19.9. The number of halogens is 1. The number of benzene rings is 2. The summed E-state index contributed by atoms with van der Waals surface area (Å²) in [6.07, 6.45) is 4.05. The van der Waals surface area contributed by atoms with Crippen molar-refractivity contribution >= 4 is 29.2 Å². The number of likely N-dealkylation sites (tertiary alicyclic amines) is 1. The minimum absolute atomic E-state index is 0.144. The molecule has 1 aromatic heterocycles. The minimum Gasteiger partial charge on any atom is -0.494 e. The van der Waals surface area contributed by atoms with Gasteiger partial charge in [0.1, 0.15) is 11.6 Å². The van der Waals surface area contributed by atoms with E-state index in [0.29, 0.717) is 47.0 Å². The van der Waals surface area contributed by atoms with Crippen molar-refractivity contribution in [3.63, 3.8) is 0 Å². The number of aryl methyl sites for hydroxylation is 1. The van der Waals surface area contributed by atoms with Gasteiger partial charge in [0, 0.05) is 13.1 Å². The normalized spacial score (nSPS) is 14.9. The van der Waals surface area contributed by atoms with E-state index in [4.69, 9.17) is 17.0 Å². The molecule has 2 N–H and O–H groups in total. The van der Waals surface area contributed by atoms with E-state index in [0.717, 1.165) is 31.4 Å². The number of piperidine rings is 1. The van der Waals surface area contributed by atoms with Crippen molar-refractivity contribution in [2.75, 3.05) is 19.7 Å². The predicted octanol–water partition coefficient (Wildman–Crippen LogP) is 5.25. The lowest BCUT2D eigenvalue weighted by Crippen LogP contribution is -2.38. The molecule has 0 bridgehead atoms. The van der Waals surface area contributed by atoms with Crippen LogP contribution in [-0.4, -0.2) is 40.5 Å². The van der Waals surface area contributed by atoms with Crippen LogP contribution in [0.2, 0.25) is 0 Å². The minimum atomic E-state index is -0.443. The number of aromatic nitrogens is 2. The van der Waals surface area contributed by atoms with Gasteiger partial charge >= 0.3 is 0 Å². The Bertz CT molecular complexity index is 1080. The summed E-state index contributed by atoms with van der Waals surface area (Å²) >= 11 is 5.10. The van der Waals surface area contributed by atoms with Gasteiger partial charge in [-0.1, -0.05) is 12.1 Å². The Hall–Kier alpha value is -2.67. The second kappa shape index (κ2) is 9.00. The SMILES string of the molecule is CCOc1ccc(CCC2CCN(C(=O)c3cc(F)cc4[nH]c(=S)[nH]c34)CC2)cc1. The number of ether oxygens (including phenoxy) is 1. The number of fused-ring (bicyclic) bond motifs is 1. The highest BCUT2D eigenvalue weighted by Crippen LogP contribution is 2.26. The van der Waals surface area contributed by atoms with Crippen LogP contribution in [0.4, 0.5) is 4.39 Å². The standard InChI is InChI=1S/C23H26FN3O2S/c1-2-29-18-7-5-15(6-8-18)3-4-16-9-11-27(12-10-16)22(28)19-13-17(24)14-20-21(19)26-23(30)25-20/h5-8,13-14,16H,2-4,9-12H2,1H3,(H2,25,26,30). The van der Waals surface area contributed by atoms with Gasteiger partial charge in [-0.25, -0.2) is 4.39 Å². The quantitative estimate of drug-likeness (QED) is 0.528. The second-order valence-electron chi connectivity index (χ2n) is 7.81. The van der Waals surface area contributed by atoms with Crippen LogP contribution < -0.4 is 4.74 Å². The summed E-state index contributed by atoms with van der Waals surface area (Å²) in [5.41, 5.74) is 2.74. The van der Waals surface area contributed by atoms with E-state index < -0.39 is 5.82 Å². The highest BCUT2D eigenvalue weighted by atomic mass is 32.1. The molecule has 3 aromatic rings. The molecular weight excluding hydrogens is 401 g/mol. The zero-order valence-electron chi connectivity index (χ0n) is 17.0. The van der Waals surface area contributed by atoms with E-state index in [1.165, 1.54) is 17.7 Å². The number of aromatic amines is 2. The van der Waals surface area contributed by atoms with E-state index in [9.17, 15) is 9.18 Å². The van der Waals surface area contributed by atoms with Crippen LogP contribution in [0.5, 0.6) is 5.75 Å². The molecule has 7 heteroatoms. The number of nitrogens with one attached hydrogen (secondary N) is 2. The molecule has 0 aliphatic carbocycles. The molecule has 158 valence electrons. The smallest absolute Gasteiger partial charge is 0.256 e. The van der Waals surface area contributed by atoms with E-state index in [1.54, 1.807) is 0 Å². The highest BCUT2D eigenvalue weighted by Gasteiger charge is 2.25. The molecule has 1 amide bonds. The zero-order valence-corrected chi connectivity index (χ0v) is 17.9. The fourth-order valence-corrected chi connectivity index (χ4v) is 4.37. The molecule has 0 unspecified atom stereocenters. The molecule has 2 aromatic carbocycles. The monoisotopic (exact) mass is 427 g/mol. The third-order valence-electron chi connectivity index (χ3n) is 5.80. The van der Waals surface area contributed by atoms with Crippen LogP contribution in [0.1, 0.15) is 42.1 Å². The van der Waals surface area contributed by atoms with Crippen LogP contribution in [0.15, 0.2) is 36.4 Å². The molecule has 1 fully saturated rings. The lowest BCUT2D eigenvalue weighted by atomic mass is 9.90. The highest BCUT2D eigenvalue weighted by molar-refractivity contribution is 7.71. The summed E-state index contributed by atoms with van der Waals surface area (Å²) in [4.78, 5) is 20.7. The van der Waals surface area contributed by atoms with Gasteiger partial charge in [-0.15, -0.1) is 0 Å². The second-order valence-corrected chi connectivity index (χ2v) is 8.21. The van der Waals surface area contributed by atoms with Gasteiger partial charge in [0.25, 0.3) is 5.91 Å². The maximum atomic E-state index is 14.0. The number of rotatable bonds is 6. The van der Waals surface area contributed by atoms with Crippen LogP contribution in [0.25, 0.3) is 11.0 Å². The zero-order chi connectivity index (χ0) is 21.1. The van der Waals surface area contributed by atoms with Crippen molar-refractivity contribution in [2.45, 2.75) is 32.6 Å². The first-order valence-electron chi connectivity index (χ1n) is 10.5. The van der Waals surface area contributed by atoms with Gasteiger partial charge in [-0.2, -0.15) is 0 Å². The third-order valence-corrected chi connectivity index (χ3v) is 6.00. The van der Waals surface area contributed by atoms with E-state index >= 15 is 0 Å². The van der Waals surface area contributed by atoms with Gasteiger partial charge in [0.15, 0.2) is 4.77 Å². The average Bonchev–Trinajstić information content (AvgIpc) is 3.12. The predicted molar refractivity (Wildman–Crippen MR) is 118 cm³/mol. The molecule has 5 nitrogen and oxygen atoms in total. The van der Waals surface area contributed by atoms with Gasteiger partial charge in [0.05, 0.1) is 23.2 Å². The van der Waals surface area contributed by atoms with E-state index in [-0.39, 0.29) is 5.91 Å². The van der Waals surface area contributed by atoms with Crippen molar-refractivity contribution in [2.24, 2.45) is 5.92 Å². The average molecular weight is 428 g/mol. The maximum absolute atomic E-state index is 14.0. The molecule has 0 spiro atoms. The number of nitrogens with zero attached hydrogens (tertiary/aromatic N) is 1. The summed E-state index contributed by atoms with van der Waals surface area (Å²) in [6.45, 7) is 4.04. The molecule has 30 heavy (non-hydrogen) atoms. The summed E-state index contributed by atoms with van der Waals surface area (Å²) in [5, 5.41) is 0. The molecule has 4 rings (SSSR count). The number of imidazole rings is 1. The van der Waals surface area contributed by atoms with Crippen LogP contribution >= 0.6 is 12.2 Å². The van der Waals surface area contributed by atoms with Crippen molar-refractivity contribution in [1.29, 1.82) is 0 Å². The lowest BCUT2D eigenvalue weighted by molar-refractivity contribution is 0.0688.